The molecule has 12 aromatic rings. The SMILES string of the molecule is c1ccc(-c2cccc(-n3c4ccccc4c4ccc5c6ccccc6n(-c6ccc(-c7cccc(-n8c9ccccc9c9ccccc98)c7)cc6)c5c43)c2)cc1. The van der Waals surface area contributed by atoms with Crippen molar-refractivity contribution < 1.29 is 0 Å². The van der Waals surface area contributed by atoms with Crippen LogP contribution in [-0.2, 0) is 0 Å². The second-order valence-corrected chi connectivity index (χ2v) is 14.9. The highest BCUT2D eigenvalue weighted by molar-refractivity contribution is 6.24. The molecule has 3 nitrogen and oxygen atoms in total. The highest BCUT2D eigenvalue weighted by atomic mass is 15.0. The lowest BCUT2D eigenvalue weighted by Crippen LogP contribution is -1.99. The molecule has 0 aliphatic heterocycles. The molecule has 9 aromatic carbocycles. The molecule has 0 aliphatic carbocycles. The van der Waals surface area contributed by atoms with Crippen LogP contribution in [0.2, 0.25) is 0 Å². The molecule has 0 radical (unpaired) electrons. The van der Waals surface area contributed by atoms with E-state index in [1.54, 1.807) is 0 Å². The Labute approximate surface area is 329 Å². The van der Waals surface area contributed by atoms with Crippen molar-refractivity contribution in [2.24, 2.45) is 0 Å². The van der Waals surface area contributed by atoms with Gasteiger partial charge in [0.1, 0.15) is 0 Å². The lowest BCUT2D eigenvalue weighted by atomic mass is 10.0. The van der Waals surface area contributed by atoms with Gasteiger partial charge >= 0.3 is 0 Å². The van der Waals surface area contributed by atoms with Crippen molar-refractivity contribution >= 4 is 65.4 Å². The van der Waals surface area contributed by atoms with Crippen LogP contribution in [0, 0.1) is 0 Å². The summed E-state index contributed by atoms with van der Waals surface area (Å²) in [5.74, 6) is 0. The first-order valence-corrected chi connectivity index (χ1v) is 19.6. The average Bonchev–Trinajstić information content (AvgIpc) is 3.93. The summed E-state index contributed by atoms with van der Waals surface area (Å²) in [5.41, 5.74) is 15.4. The molecule has 3 heterocycles. The second kappa shape index (κ2) is 12.5. The molecule has 0 amide bonds. The van der Waals surface area contributed by atoms with E-state index < -0.39 is 0 Å². The minimum absolute atomic E-state index is 1.13. The smallest absolute Gasteiger partial charge is 0.0788 e. The maximum atomic E-state index is 2.48. The Morgan fingerprint density at radius 2 is 0.579 bits per heavy atom. The Bertz CT molecular complexity index is 3450. The van der Waals surface area contributed by atoms with Crippen LogP contribution >= 0.6 is 0 Å². The number of hydrogen-bond acceptors (Lipinski definition) is 0. The van der Waals surface area contributed by atoms with E-state index in [4.69, 9.17) is 0 Å². The zero-order valence-electron chi connectivity index (χ0n) is 31.0. The number of aromatic nitrogens is 3. The van der Waals surface area contributed by atoms with E-state index in [-0.39, 0.29) is 0 Å². The zero-order chi connectivity index (χ0) is 37.5. The first-order chi connectivity index (χ1) is 28.3. The molecule has 0 saturated carbocycles. The summed E-state index contributed by atoms with van der Waals surface area (Å²) in [4.78, 5) is 0. The number of nitrogens with zero attached hydrogens (tertiary/aromatic N) is 3. The number of rotatable bonds is 5. The Morgan fingerprint density at radius 1 is 0.211 bits per heavy atom. The Kier molecular flexibility index (Phi) is 6.93. The summed E-state index contributed by atoms with van der Waals surface area (Å²) in [5, 5.41) is 7.51. The summed E-state index contributed by atoms with van der Waals surface area (Å²) in [6.45, 7) is 0. The van der Waals surface area contributed by atoms with Crippen molar-refractivity contribution in [1.82, 2.24) is 13.7 Å². The lowest BCUT2D eigenvalue weighted by molar-refractivity contribution is 1.15. The third-order valence-corrected chi connectivity index (χ3v) is 11.8. The molecular weight excluding hydrogens is 691 g/mol. The quantitative estimate of drug-likeness (QED) is 0.168. The van der Waals surface area contributed by atoms with Gasteiger partial charge in [0.15, 0.2) is 0 Å². The van der Waals surface area contributed by atoms with E-state index in [2.05, 4.69) is 226 Å². The standard InChI is InChI=1S/C54H35N3/c1-2-14-36(15-3-1)38-16-13-19-42(35-38)57-52-27-11-7-23-46(52)48-33-32-47-45-22-6-10-26-51(45)56(53(47)54(48)57)40-30-28-37(29-31-40)39-17-12-18-41(34-39)55-49-24-8-4-20-43(49)44-21-5-9-25-50(44)55/h1-35H. The van der Waals surface area contributed by atoms with Crippen LogP contribution in [0.5, 0.6) is 0 Å². The fourth-order valence-corrected chi connectivity index (χ4v) is 9.32. The number of fused-ring (bicyclic) bond motifs is 10. The van der Waals surface area contributed by atoms with Gasteiger partial charge in [-0.15, -0.1) is 0 Å². The van der Waals surface area contributed by atoms with Gasteiger partial charge < -0.3 is 13.7 Å². The molecule has 266 valence electrons. The van der Waals surface area contributed by atoms with Crippen molar-refractivity contribution in [1.29, 1.82) is 0 Å². The molecule has 0 fully saturated rings. The maximum Gasteiger partial charge on any atom is 0.0788 e. The first kappa shape index (κ1) is 31.7. The minimum atomic E-state index is 1.13. The fraction of sp³-hybridized carbons (Fsp3) is 0. The summed E-state index contributed by atoms with van der Waals surface area (Å²) >= 11 is 0. The predicted molar refractivity (Wildman–Crippen MR) is 240 cm³/mol. The van der Waals surface area contributed by atoms with Crippen LogP contribution < -0.4 is 0 Å². The van der Waals surface area contributed by atoms with Crippen LogP contribution in [0.1, 0.15) is 0 Å². The summed E-state index contributed by atoms with van der Waals surface area (Å²) in [6, 6.07) is 77.4. The molecule has 0 aliphatic rings. The Morgan fingerprint density at radius 3 is 1.09 bits per heavy atom. The number of para-hydroxylation sites is 4. The predicted octanol–water partition coefficient (Wildman–Crippen LogP) is 14.3. The van der Waals surface area contributed by atoms with Crippen molar-refractivity contribution in [2.75, 3.05) is 0 Å². The van der Waals surface area contributed by atoms with Gasteiger partial charge in [0.25, 0.3) is 0 Å². The van der Waals surface area contributed by atoms with Gasteiger partial charge in [-0.3, -0.25) is 0 Å². The summed E-state index contributed by atoms with van der Waals surface area (Å²) in [6.07, 6.45) is 0. The molecule has 0 unspecified atom stereocenters. The normalized spacial score (nSPS) is 11.9. The molecule has 12 rings (SSSR count). The van der Waals surface area contributed by atoms with Gasteiger partial charge in [0.05, 0.1) is 33.1 Å². The minimum Gasteiger partial charge on any atom is -0.309 e. The van der Waals surface area contributed by atoms with Crippen molar-refractivity contribution in [3.05, 3.63) is 212 Å². The molecule has 0 saturated heterocycles. The summed E-state index contributed by atoms with van der Waals surface area (Å²) in [7, 11) is 0. The average molecular weight is 726 g/mol. The lowest BCUT2D eigenvalue weighted by Gasteiger charge is -2.14. The molecule has 0 atom stereocenters. The zero-order valence-corrected chi connectivity index (χ0v) is 31.0. The highest BCUT2D eigenvalue weighted by Crippen LogP contribution is 2.42. The highest BCUT2D eigenvalue weighted by Gasteiger charge is 2.21. The molecular formula is C54H35N3. The van der Waals surface area contributed by atoms with Crippen LogP contribution in [0.25, 0.3) is 105 Å². The van der Waals surface area contributed by atoms with Gasteiger partial charge in [0.2, 0.25) is 0 Å². The van der Waals surface area contributed by atoms with E-state index in [0.29, 0.717) is 0 Å². The topological polar surface area (TPSA) is 14.8 Å². The van der Waals surface area contributed by atoms with Gasteiger partial charge in [-0.1, -0.05) is 152 Å². The molecule has 57 heavy (non-hydrogen) atoms. The third kappa shape index (κ3) is 4.79. The van der Waals surface area contributed by atoms with Gasteiger partial charge in [-0.2, -0.15) is 0 Å². The van der Waals surface area contributed by atoms with Gasteiger partial charge in [-0.05, 0) is 82.9 Å². The molecule has 0 bridgehead atoms. The van der Waals surface area contributed by atoms with Crippen LogP contribution in [-0.4, -0.2) is 13.7 Å². The van der Waals surface area contributed by atoms with E-state index in [0.717, 1.165) is 17.1 Å². The van der Waals surface area contributed by atoms with Crippen molar-refractivity contribution in [3.8, 4) is 39.3 Å². The van der Waals surface area contributed by atoms with E-state index in [1.165, 1.54) is 87.7 Å². The van der Waals surface area contributed by atoms with Crippen molar-refractivity contribution in [3.63, 3.8) is 0 Å². The molecule has 3 aromatic heterocycles. The molecule has 3 heteroatoms. The monoisotopic (exact) mass is 725 g/mol. The summed E-state index contributed by atoms with van der Waals surface area (Å²) < 4.78 is 7.34. The van der Waals surface area contributed by atoms with Crippen LogP contribution in [0.3, 0.4) is 0 Å². The molecule has 0 spiro atoms. The van der Waals surface area contributed by atoms with Gasteiger partial charge in [0, 0.05) is 49.4 Å². The Balaban J connectivity index is 1.06. The Hall–Kier alpha value is -7.62. The largest absolute Gasteiger partial charge is 0.309 e. The van der Waals surface area contributed by atoms with E-state index in [9.17, 15) is 0 Å². The van der Waals surface area contributed by atoms with Gasteiger partial charge in [-0.25, -0.2) is 0 Å². The molecule has 0 N–H and O–H groups in total. The van der Waals surface area contributed by atoms with E-state index in [1.807, 2.05) is 0 Å². The number of benzene rings is 9. The van der Waals surface area contributed by atoms with Crippen molar-refractivity contribution in [2.45, 2.75) is 0 Å². The second-order valence-electron chi connectivity index (χ2n) is 14.9. The fourth-order valence-electron chi connectivity index (χ4n) is 9.32. The third-order valence-electron chi connectivity index (χ3n) is 11.8. The number of hydrogen-bond donors (Lipinski definition) is 0. The van der Waals surface area contributed by atoms with Crippen LogP contribution in [0.15, 0.2) is 212 Å². The van der Waals surface area contributed by atoms with E-state index >= 15 is 0 Å². The van der Waals surface area contributed by atoms with Crippen LogP contribution in [0.4, 0.5) is 0 Å². The maximum absolute atomic E-state index is 2.48. The first-order valence-electron chi connectivity index (χ1n) is 19.6.